The molecule has 190 valence electrons. The summed E-state index contributed by atoms with van der Waals surface area (Å²) in [6, 6.07) is 14.6. The van der Waals surface area contributed by atoms with Crippen molar-refractivity contribution >= 4 is 11.8 Å². The third kappa shape index (κ3) is 6.28. The van der Waals surface area contributed by atoms with E-state index in [0.29, 0.717) is 55.6 Å². The molecule has 2 fully saturated rings. The minimum absolute atomic E-state index is 0.0104. The summed E-state index contributed by atoms with van der Waals surface area (Å²) in [5, 5.41) is 25.6. The number of halogens is 1. The van der Waals surface area contributed by atoms with Crippen molar-refractivity contribution < 1.29 is 19.1 Å². The lowest BCUT2D eigenvalue weighted by molar-refractivity contribution is -0.146. The fourth-order valence-corrected chi connectivity index (χ4v) is 4.61. The smallest absolute Gasteiger partial charge is 0.251 e. The van der Waals surface area contributed by atoms with E-state index in [4.69, 9.17) is 5.26 Å². The summed E-state index contributed by atoms with van der Waals surface area (Å²) in [5.41, 5.74) is 1.12. The number of amides is 2. The zero-order chi connectivity index (χ0) is 25.9. The summed E-state index contributed by atoms with van der Waals surface area (Å²) >= 11 is 0. The molecule has 3 N–H and O–H groups in total. The maximum atomic E-state index is 13.2. The SMILES string of the molecule is CC(C)(O)C1CN(C(=O)[C@H](CCCN[C@@H]2C[C@H]2c2ccc(F)cc2)NC(=O)c2ccc(C#N)cc2)C1. The molecule has 7 nitrogen and oxygen atoms in total. The molecule has 8 heteroatoms. The molecular formula is C28H33FN4O3. The van der Waals surface area contributed by atoms with Crippen molar-refractivity contribution in [2.45, 2.75) is 56.7 Å². The van der Waals surface area contributed by atoms with Gasteiger partial charge in [0, 0.05) is 36.5 Å². The highest BCUT2D eigenvalue weighted by atomic mass is 19.1. The Morgan fingerprint density at radius 1 is 1.17 bits per heavy atom. The highest BCUT2D eigenvalue weighted by Gasteiger charge is 2.42. The lowest BCUT2D eigenvalue weighted by Gasteiger charge is -2.46. The van der Waals surface area contributed by atoms with Gasteiger partial charge in [0.1, 0.15) is 11.9 Å². The molecule has 4 rings (SSSR count). The minimum Gasteiger partial charge on any atom is -0.390 e. The molecule has 2 aliphatic rings. The van der Waals surface area contributed by atoms with Gasteiger partial charge in [0.25, 0.3) is 5.91 Å². The van der Waals surface area contributed by atoms with E-state index in [9.17, 15) is 19.1 Å². The molecule has 0 radical (unpaired) electrons. The molecule has 0 spiro atoms. The predicted octanol–water partition coefficient (Wildman–Crippen LogP) is 2.95. The standard InChI is InChI=1S/C28H33FN4O3/c1-28(2,36)21-16-33(17-21)27(35)24(32-26(34)20-7-5-18(15-30)6-8-20)4-3-13-31-25-14-23(25)19-9-11-22(29)12-10-19/h5-12,21,23-25,31,36H,3-4,13-14,16-17H2,1-2H3,(H,32,34)/t23-,24-,25+/m0/s1. The number of carbonyl (C=O) groups excluding carboxylic acids is 2. The Labute approximate surface area is 211 Å². The van der Waals surface area contributed by atoms with Gasteiger partial charge in [-0.1, -0.05) is 12.1 Å². The number of likely N-dealkylation sites (tertiary alicyclic amines) is 1. The number of aliphatic hydroxyl groups is 1. The maximum absolute atomic E-state index is 13.2. The van der Waals surface area contributed by atoms with Crippen molar-refractivity contribution in [1.29, 1.82) is 5.26 Å². The van der Waals surface area contributed by atoms with Crippen LogP contribution in [0.3, 0.4) is 0 Å². The van der Waals surface area contributed by atoms with Gasteiger partial charge in [-0.2, -0.15) is 5.26 Å². The van der Waals surface area contributed by atoms with Gasteiger partial charge in [-0.15, -0.1) is 0 Å². The molecule has 36 heavy (non-hydrogen) atoms. The molecule has 2 amide bonds. The van der Waals surface area contributed by atoms with Gasteiger partial charge >= 0.3 is 0 Å². The maximum Gasteiger partial charge on any atom is 0.251 e. The van der Waals surface area contributed by atoms with Crippen molar-refractivity contribution in [2.24, 2.45) is 5.92 Å². The van der Waals surface area contributed by atoms with E-state index in [2.05, 4.69) is 10.6 Å². The van der Waals surface area contributed by atoms with Gasteiger partial charge in [0.2, 0.25) is 5.91 Å². The third-order valence-corrected chi connectivity index (χ3v) is 7.24. The first-order valence-electron chi connectivity index (χ1n) is 12.5. The largest absolute Gasteiger partial charge is 0.390 e. The first kappa shape index (κ1) is 25.8. The Bertz CT molecular complexity index is 1120. The van der Waals surface area contributed by atoms with Crippen molar-refractivity contribution in [3.8, 4) is 6.07 Å². The summed E-state index contributed by atoms with van der Waals surface area (Å²) in [7, 11) is 0. The summed E-state index contributed by atoms with van der Waals surface area (Å²) in [4.78, 5) is 27.7. The van der Waals surface area contributed by atoms with Crippen LogP contribution in [-0.2, 0) is 4.79 Å². The van der Waals surface area contributed by atoms with E-state index in [1.807, 2.05) is 18.2 Å². The number of hydrogen-bond donors (Lipinski definition) is 3. The van der Waals surface area contributed by atoms with Gasteiger partial charge in [-0.3, -0.25) is 9.59 Å². The molecule has 1 heterocycles. The molecule has 1 saturated heterocycles. The molecule has 0 aromatic heterocycles. The second-order valence-corrected chi connectivity index (χ2v) is 10.4. The van der Waals surface area contributed by atoms with Gasteiger partial charge in [0.05, 0.1) is 17.2 Å². The van der Waals surface area contributed by atoms with E-state index in [1.165, 1.54) is 12.1 Å². The van der Waals surface area contributed by atoms with E-state index in [0.717, 1.165) is 12.0 Å². The van der Waals surface area contributed by atoms with Gasteiger partial charge in [-0.05, 0) is 81.6 Å². The molecule has 2 aromatic carbocycles. The van der Waals surface area contributed by atoms with Crippen LogP contribution in [0.2, 0.25) is 0 Å². The number of hydrogen-bond acceptors (Lipinski definition) is 5. The Kier molecular flexibility index (Phi) is 7.72. The number of carbonyl (C=O) groups is 2. The van der Waals surface area contributed by atoms with Gasteiger partial charge < -0.3 is 20.6 Å². The molecule has 0 unspecified atom stereocenters. The topological polar surface area (TPSA) is 105 Å². The lowest BCUT2D eigenvalue weighted by Crippen LogP contribution is -2.61. The fourth-order valence-electron chi connectivity index (χ4n) is 4.61. The second kappa shape index (κ2) is 10.8. The number of benzene rings is 2. The van der Waals surface area contributed by atoms with Crippen LogP contribution in [0.15, 0.2) is 48.5 Å². The third-order valence-electron chi connectivity index (χ3n) is 7.24. The Balaban J connectivity index is 1.31. The summed E-state index contributed by atoms with van der Waals surface area (Å²) in [6.07, 6.45) is 2.17. The van der Waals surface area contributed by atoms with Crippen LogP contribution in [0, 0.1) is 23.1 Å². The summed E-state index contributed by atoms with van der Waals surface area (Å²) < 4.78 is 13.2. The fraction of sp³-hybridized carbons (Fsp3) is 0.464. The predicted molar refractivity (Wildman–Crippen MR) is 134 cm³/mol. The molecule has 0 bridgehead atoms. The molecule has 1 saturated carbocycles. The quantitative estimate of drug-likeness (QED) is 0.443. The van der Waals surface area contributed by atoms with Crippen molar-refractivity contribution in [1.82, 2.24) is 15.5 Å². The molecule has 1 aliphatic heterocycles. The Morgan fingerprint density at radius 3 is 2.44 bits per heavy atom. The zero-order valence-electron chi connectivity index (χ0n) is 20.7. The van der Waals surface area contributed by atoms with E-state index < -0.39 is 11.6 Å². The van der Waals surface area contributed by atoms with E-state index in [-0.39, 0.29) is 23.5 Å². The van der Waals surface area contributed by atoms with Crippen LogP contribution in [0.5, 0.6) is 0 Å². The van der Waals surface area contributed by atoms with E-state index >= 15 is 0 Å². The van der Waals surface area contributed by atoms with Crippen LogP contribution in [0.4, 0.5) is 4.39 Å². The average Bonchev–Trinajstić information content (AvgIpc) is 3.59. The second-order valence-electron chi connectivity index (χ2n) is 10.4. The van der Waals surface area contributed by atoms with Crippen LogP contribution in [0.1, 0.15) is 60.5 Å². The molecular weight excluding hydrogens is 459 g/mol. The van der Waals surface area contributed by atoms with Gasteiger partial charge in [-0.25, -0.2) is 4.39 Å². The number of rotatable bonds is 10. The van der Waals surface area contributed by atoms with Crippen molar-refractivity contribution in [2.75, 3.05) is 19.6 Å². The molecule has 2 aromatic rings. The van der Waals surface area contributed by atoms with Gasteiger partial charge in [0.15, 0.2) is 0 Å². The summed E-state index contributed by atoms with van der Waals surface area (Å²) in [6.45, 7) is 5.11. The first-order chi connectivity index (χ1) is 17.2. The number of nitrogens with zero attached hydrogens (tertiary/aromatic N) is 2. The highest BCUT2D eigenvalue weighted by molar-refractivity contribution is 5.97. The van der Waals surface area contributed by atoms with Crippen molar-refractivity contribution in [3.05, 3.63) is 71.0 Å². The number of nitrogens with one attached hydrogen (secondary N) is 2. The highest BCUT2D eigenvalue weighted by Crippen LogP contribution is 2.40. The zero-order valence-corrected chi connectivity index (χ0v) is 20.7. The Hall–Kier alpha value is -3.28. The monoisotopic (exact) mass is 492 g/mol. The first-order valence-corrected chi connectivity index (χ1v) is 12.5. The van der Waals surface area contributed by atoms with Crippen LogP contribution in [-0.4, -0.2) is 59.1 Å². The normalized spacial score (nSPS) is 20.2. The minimum atomic E-state index is -0.854. The molecule has 1 aliphatic carbocycles. The number of nitriles is 1. The Morgan fingerprint density at radius 2 is 1.83 bits per heavy atom. The van der Waals surface area contributed by atoms with Crippen LogP contribution < -0.4 is 10.6 Å². The molecule has 3 atom stereocenters. The van der Waals surface area contributed by atoms with Crippen LogP contribution in [0.25, 0.3) is 0 Å². The van der Waals surface area contributed by atoms with Crippen LogP contribution >= 0.6 is 0 Å². The lowest BCUT2D eigenvalue weighted by atomic mass is 9.84. The summed E-state index contributed by atoms with van der Waals surface area (Å²) in [5.74, 6) is -0.356. The van der Waals surface area contributed by atoms with Crippen molar-refractivity contribution in [3.63, 3.8) is 0 Å². The average molecular weight is 493 g/mol. The van der Waals surface area contributed by atoms with E-state index in [1.54, 1.807) is 43.0 Å².